The maximum atomic E-state index is 13.0. The van der Waals surface area contributed by atoms with Crippen molar-refractivity contribution in [3.05, 3.63) is 95.0 Å². The molecule has 11 heteroatoms. The molecule has 1 aliphatic rings. The van der Waals surface area contributed by atoms with E-state index in [1.54, 1.807) is 24.3 Å². The fraction of sp³-hybridized carbons (Fsp3) is 0.0833. The van der Waals surface area contributed by atoms with Gasteiger partial charge in [-0.25, -0.2) is 0 Å². The fourth-order valence-electron chi connectivity index (χ4n) is 3.33. The van der Waals surface area contributed by atoms with Crippen molar-refractivity contribution < 1.29 is 26.3 Å². The van der Waals surface area contributed by atoms with E-state index in [1.807, 2.05) is 0 Å². The zero-order valence-electron chi connectivity index (χ0n) is 18.5. The van der Waals surface area contributed by atoms with Crippen molar-refractivity contribution in [2.75, 3.05) is 14.2 Å². The summed E-state index contributed by atoms with van der Waals surface area (Å²) in [7, 11) is -5.27. The highest BCUT2D eigenvalue weighted by atomic mass is 35.5. The van der Waals surface area contributed by atoms with E-state index in [4.69, 9.17) is 21.1 Å². The van der Waals surface area contributed by atoms with Crippen LogP contribution in [-0.2, 0) is 20.0 Å². The third-order valence-electron chi connectivity index (χ3n) is 5.09. The summed E-state index contributed by atoms with van der Waals surface area (Å²) < 4.78 is 69.8. The number of ether oxygens (including phenoxy) is 2. The number of methoxy groups -OCH3 is 2. The maximum Gasteiger partial charge on any atom is 0.282 e. The average molecular weight is 531 g/mol. The Kier molecular flexibility index (Phi) is 6.79. The lowest BCUT2D eigenvalue weighted by molar-refractivity contribution is 0.414. The predicted octanol–water partition coefficient (Wildman–Crippen LogP) is 4.20. The molecule has 0 spiro atoms. The van der Waals surface area contributed by atoms with Crippen LogP contribution in [0.5, 0.6) is 11.5 Å². The van der Waals surface area contributed by atoms with Crippen LogP contribution in [-0.4, -0.2) is 42.5 Å². The van der Waals surface area contributed by atoms with Gasteiger partial charge in [0.15, 0.2) is 0 Å². The van der Waals surface area contributed by atoms with Crippen LogP contribution in [0.25, 0.3) is 0 Å². The van der Waals surface area contributed by atoms with Gasteiger partial charge >= 0.3 is 0 Å². The molecule has 35 heavy (non-hydrogen) atoms. The molecule has 0 unspecified atom stereocenters. The van der Waals surface area contributed by atoms with Crippen molar-refractivity contribution >= 4 is 43.1 Å². The summed E-state index contributed by atoms with van der Waals surface area (Å²) in [6, 6.07) is 18.1. The van der Waals surface area contributed by atoms with Crippen LogP contribution in [0.4, 0.5) is 0 Å². The minimum Gasteiger partial charge on any atom is -0.497 e. The first-order valence-corrected chi connectivity index (χ1v) is 13.4. The van der Waals surface area contributed by atoms with Gasteiger partial charge in [-0.3, -0.25) is 0 Å². The molecular weight excluding hydrogens is 512 g/mol. The molecule has 0 N–H and O–H groups in total. The molecule has 180 valence electrons. The van der Waals surface area contributed by atoms with E-state index >= 15 is 0 Å². The zero-order valence-corrected chi connectivity index (χ0v) is 20.9. The monoisotopic (exact) mass is 530 g/mol. The molecule has 8 nitrogen and oxygen atoms in total. The van der Waals surface area contributed by atoms with Crippen molar-refractivity contribution in [1.82, 2.24) is 0 Å². The Morgan fingerprint density at radius 1 is 0.657 bits per heavy atom. The number of fused-ring (bicyclic) bond motifs is 1. The summed E-state index contributed by atoms with van der Waals surface area (Å²) in [5, 5.41) is -0.0653. The number of rotatable bonds is 6. The second-order valence-electron chi connectivity index (χ2n) is 7.26. The quantitative estimate of drug-likeness (QED) is 0.472. The van der Waals surface area contributed by atoms with Crippen molar-refractivity contribution in [3.63, 3.8) is 0 Å². The van der Waals surface area contributed by atoms with Gasteiger partial charge in [-0.05, 0) is 54.6 Å². The summed E-state index contributed by atoms with van der Waals surface area (Å²) >= 11 is 6.41. The Balaban J connectivity index is 1.80. The number of benzene rings is 3. The van der Waals surface area contributed by atoms with Crippen molar-refractivity contribution in [1.29, 1.82) is 0 Å². The molecule has 0 amide bonds. The van der Waals surface area contributed by atoms with Crippen LogP contribution in [0, 0.1) is 0 Å². The van der Waals surface area contributed by atoms with Crippen molar-refractivity contribution in [2.24, 2.45) is 8.80 Å². The van der Waals surface area contributed by atoms with Gasteiger partial charge in [-0.1, -0.05) is 35.9 Å². The Morgan fingerprint density at radius 2 is 1.11 bits per heavy atom. The van der Waals surface area contributed by atoms with E-state index in [9.17, 15) is 16.8 Å². The molecule has 0 aromatic heterocycles. The van der Waals surface area contributed by atoms with Crippen LogP contribution in [0.2, 0.25) is 0 Å². The molecule has 1 aliphatic carbocycles. The number of sulfonamides is 2. The molecule has 0 saturated carbocycles. The van der Waals surface area contributed by atoms with Crippen LogP contribution >= 0.6 is 11.6 Å². The molecule has 0 heterocycles. The van der Waals surface area contributed by atoms with E-state index < -0.39 is 20.0 Å². The lowest BCUT2D eigenvalue weighted by Crippen LogP contribution is -2.19. The minimum atomic E-state index is -4.13. The SMILES string of the molecule is COc1ccc(S(=O)(=O)/N=C2C=C(Cl)/C(=N/S(=O)(=O)c3ccc(OC)cc3)c3ccccc3\2)cc1. The first-order chi connectivity index (χ1) is 16.6. The van der Waals surface area contributed by atoms with Crippen molar-refractivity contribution in [2.45, 2.75) is 9.79 Å². The van der Waals surface area contributed by atoms with E-state index in [0.29, 0.717) is 22.6 Å². The molecule has 0 saturated heterocycles. The summed E-state index contributed by atoms with van der Waals surface area (Å²) in [4.78, 5) is -0.0800. The van der Waals surface area contributed by atoms with Gasteiger partial charge in [0.2, 0.25) is 0 Å². The molecule has 0 radical (unpaired) electrons. The molecule has 3 aromatic rings. The van der Waals surface area contributed by atoms with Gasteiger partial charge < -0.3 is 9.47 Å². The minimum absolute atomic E-state index is 0.0149. The third kappa shape index (κ3) is 5.14. The van der Waals surface area contributed by atoms with E-state index in [1.165, 1.54) is 68.8 Å². The highest BCUT2D eigenvalue weighted by Crippen LogP contribution is 2.28. The summed E-state index contributed by atoms with van der Waals surface area (Å²) in [6.07, 6.45) is 1.29. The number of halogens is 1. The summed E-state index contributed by atoms with van der Waals surface area (Å²) in [5.41, 5.74) is 0.750. The molecular formula is C24H19ClN2O6S2. The third-order valence-corrected chi connectivity index (χ3v) is 7.98. The fourth-order valence-corrected chi connectivity index (χ4v) is 5.64. The van der Waals surface area contributed by atoms with Crippen LogP contribution in [0.1, 0.15) is 11.1 Å². The molecule has 0 fully saturated rings. The van der Waals surface area contributed by atoms with Gasteiger partial charge in [0, 0.05) is 11.1 Å². The van der Waals surface area contributed by atoms with E-state index in [0.717, 1.165) is 0 Å². The largest absolute Gasteiger partial charge is 0.497 e. The average Bonchev–Trinajstić information content (AvgIpc) is 2.86. The van der Waals surface area contributed by atoms with Crippen LogP contribution in [0.3, 0.4) is 0 Å². The Hall–Kier alpha value is -3.47. The summed E-state index contributed by atoms with van der Waals surface area (Å²) in [5.74, 6) is 0.998. The first-order valence-electron chi connectivity index (χ1n) is 10.1. The van der Waals surface area contributed by atoms with E-state index in [-0.39, 0.29) is 26.2 Å². The molecule has 4 rings (SSSR count). The van der Waals surface area contributed by atoms with Gasteiger partial charge in [-0.15, -0.1) is 0 Å². The number of hydrogen-bond donors (Lipinski definition) is 0. The Morgan fingerprint density at radius 3 is 1.60 bits per heavy atom. The number of nitrogens with zero attached hydrogens (tertiary/aromatic N) is 2. The Bertz CT molecular complexity index is 1580. The van der Waals surface area contributed by atoms with Gasteiger partial charge in [0.25, 0.3) is 20.0 Å². The van der Waals surface area contributed by atoms with Crippen molar-refractivity contribution in [3.8, 4) is 11.5 Å². The Labute approximate surface area is 208 Å². The standard InChI is InChI=1S/C24H19ClN2O6S2/c1-32-16-7-11-18(12-8-16)34(28,29)26-23-15-22(25)24(21-6-4-3-5-20(21)23)27-35(30,31)19-13-9-17(33-2)10-14-19/h3-15H,1-2H3/b26-23+,27-24+. The molecule has 0 atom stereocenters. The highest BCUT2D eigenvalue weighted by Gasteiger charge is 2.26. The lowest BCUT2D eigenvalue weighted by Gasteiger charge is -2.17. The topological polar surface area (TPSA) is 111 Å². The predicted molar refractivity (Wildman–Crippen MR) is 134 cm³/mol. The lowest BCUT2D eigenvalue weighted by atomic mass is 9.94. The molecule has 0 bridgehead atoms. The summed E-state index contributed by atoms with van der Waals surface area (Å²) in [6.45, 7) is 0. The second kappa shape index (κ2) is 9.65. The van der Waals surface area contributed by atoms with Gasteiger partial charge in [0.05, 0.1) is 34.8 Å². The van der Waals surface area contributed by atoms with Crippen LogP contribution < -0.4 is 9.47 Å². The molecule has 0 aliphatic heterocycles. The highest BCUT2D eigenvalue weighted by molar-refractivity contribution is 7.90. The van der Waals surface area contributed by atoms with Gasteiger partial charge in [0.1, 0.15) is 17.2 Å². The first kappa shape index (κ1) is 24.6. The van der Waals surface area contributed by atoms with Crippen LogP contribution in [0.15, 0.2) is 102 Å². The maximum absolute atomic E-state index is 13.0. The normalized spacial score (nSPS) is 16.0. The van der Waals surface area contributed by atoms with Gasteiger partial charge in [-0.2, -0.15) is 25.6 Å². The smallest absolute Gasteiger partial charge is 0.282 e. The zero-order chi connectivity index (χ0) is 25.2. The number of allylic oxidation sites excluding steroid dienone is 2. The van der Waals surface area contributed by atoms with E-state index in [2.05, 4.69) is 8.80 Å². The number of hydrogen-bond acceptors (Lipinski definition) is 6. The molecule has 3 aromatic carbocycles. The second-order valence-corrected chi connectivity index (χ2v) is 10.9.